The third kappa shape index (κ3) is 2.94. The highest BCUT2D eigenvalue weighted by Gasteiger charge is 2.12. The van der Waals surface area contributed by atoms with Gasteiger partial charge in [-0.15, -0.1) is 0 Å². The SMILES string of the molecule is Cc1c(CNCc2ccsc2)cccc1[N+](=O)[O-]. The molecule has 18 heavy (non-hydrogen) atoms. The minimum Gasteiger partial charge on any atom is -0.309 e. The third-order valence-corrected chi connectivity index (χ3v) is 3.57. The standard InChI is InChI=1S/C13H14N2O2S/c1-10-12(3-2-4-13(10)15(16)17)8-14-7-11-5-6-18-9-11/h2-6,9,14H,7-8H2,1H3. The molecule has 0 aliphatic rings. The molecular weight excluding hydrogens is 248 g/mol. The molecule has 0 spiro atoms. The van der Waals surface area contributed by atoms with Crippen molar-refractivity contribution in [2.45, 2.75) is 20.0 Å². The van der Waals surface area contributed by atoms with Gasteiger partial charge in [0, 0.05) is 24.7 Å². The Morgan fingerprint density at radius 2 is 2.17 bits per heavy atom. The van der Waals surface area contributed by atoms with Crippen LogP contribution in [-0.4, -0.2) is 4.92 Å². The molecule has 1 heterocycles. The second-order valence-corrected chi connectivity index (χ2v) is 4.83. The Labute approximate surface area is 109 Å². The highest BCUT2D eigenvalue weighted by Crippen LogP contribution is 2.20. The Balaban J connectivity index is 2.01. The van der Waals surface area contributed by atoms with E-state index in [9.17, 15) is 10.1 Å². The van der Waals surface area contributed by atoms with Gasteiger partial charge >= 0.3 is 0 Å². The Morgan fingerprint density at radius 3 is 2.83 bits per heavy atom. The van der Waals surface area contributed by atoms with E-state index in [4.69, 9.17) is 0 Å². The predicted molar refractivity (Wildman–Crippen MR) is 72.7 cm³/mol. The number of nitrogens with one attached hydrogen (secondary N) is 1. The van der Waals surface area contributed by atoms with Crippen LogP contribution in [0.3, 0.4) is 0 Å². The minimum atomic E-state index is -0.336. The fourth-order valence-corrected chi connectivity index (χ4v) is 2.46. The summed E-state index contributed by atoms with van der Waals surface area (Å²) in [6.45, 7) is 3.22. The summed E-state index contributed by atoms with van der Waals surface area (Å²) in [5.74, 6) is 0. The Bertz CT molecular complexity index is 538. The number of hydrogen-bond acceptors (Lipinski definition) is 4. The summed E-state index contributed by atoms with van der Waals surface area (Å²) in [6, 6.07) is 7.26. The van der Waals surface area contributed by atoms with Crippen LogP contribution in [0.15, 0.2) is 35.0 Å². The summed E-state index contributed by atoms with van der Waals surface area (Å²) >= 11 is 1.67. The van der Waals surface area contributed by atoms with Gasteiger partial charge in [-0.05, 0) is 34.9 Å². The number of nitro groups is 1. The number of nitrogens with zero attached hydrogens (tertiary/aromatic N) is 1. The van der Waals surface area contributed by atoms with Crippen LogP contribution in [0.1, 0.15) is 16.7 Å². The zero-order chi connectivity index (χ0) is 13.0. The molecule has 0 aliphatic carbocycles. The largest absolute Gasteiger partial charge is 0.309 e. The number of thiophene rings is 1. The maximum atomic E-state index is 10.8. The zero-order valence-corrected chi connectivity index (χ0v) is 10.9. The topological polar surface area (TPSA) is 55.2 Å². The van der Waals surface area contributed by atoms with Crippen molar-refractivity contribution in [1.29, 1.82) is 0 Å². The fraction of sp³-hybridized carbons (Fsp3) is 0.231. The third-order valence-electron chi connectivity index (χ3n) is 2.84. The van der Waals surface area contributed by atoms with Crippen molar-refractivity contribution in [3.63, 3.8) is 0 Å². The van der Waals surface area contributed by atoms with Gasteiger partial charge in [0.1, 0.15) is 0 Å². The first kappa shape index (κ1) is 12.7. The van der Waals surface area contributed by atoms with E-state index in [1.165, 1.54) is 11.6 Å². The smallest absolute Gasteiger partial charge is 0.272 e. The van der Waals surface area contributed by atoms with E-state index in [2.05, 4.69) is 16.8 Å². The summed E-state index contributed by atoms with van der Waals surface area (Å²) in [5, 5.41) is 18.2. The van der Waals surface area contributed by atoms with Crippen molar-refractivity contribution in [2.75, 3.05) is 0 Å². The van der Waals surface area contributed by atoms with E-state index in [1.54, 1.807) is 24.3 Å². The number of rotatable bonds is 5. The fourth-order valence-electron chi connectivity index (χ4n) is 1.79. The van der Waals surface area contributed by atoms with Crippen LogP contribution in [0.5, 0.6) is 0 Å². The molecule has 0 radical (unpaired) electrons. The van der Waals surface area contributed by atoms with Crippen molar-refractivity contribution in [2.24, 2.45) is 0 Å². The Kier molecular flexibility index (Phi) is 4.07. The first-order valence-electron chi connectivity index (χ1n) is 5.63. The first-order chi connectivity index (χ1) is 8.68. The second kappa shape index (κ2) is 5.75. The lowest BCUT2D eigenvalue weighted by atomic mass is 10.1. The van der Waals surface area contributed by atoms with E-state index in [1.807, 2.05) is 11.4 Å². The van der Waals surface area contributed by atoms with Crippen LogP contribution in [0.4, 0.5) is 5.69 Å². The molecule has 5 heteroatoms. The van der Waals surface area contributed by atoms with Gasteiger partial charge in [0.05, 0.1) is 4.92 Å². The average molecular weight is 262 g/mol. The lowest BCUT2D eigenvalue weighted by Gasteiger charge is -2.07. The second-order valence-electron chi connectivity index (χ2n) is 4.05. The molecule has 2 rings (SSSR count). The molecule has 1 aromatic carbocycles. The molecule has 0 saturated heterocycles. The molecule has 94 valence electrons. The van der Waals surface area contributed by atoms with Crippen molar-refractivity contribution < 1.29 is 4.92 Å². The molecule has 0 atom stereocenters. The number of hydrogen-bond donors (Lipinski definition) is 1. The van der Waals surface area contributed by atoms with Gasteiger partial charge in [0.15, 0.2) is 0 Å². The van der Waals surface area contributed by atoms with Gasteiger partial charge in [0.25, 0.3) is 5.69 Å². The zero-order valence-electron chi connectivity index (χ0n) is 10.1. The van der Waals surface area contributed by atoms with E-state index >= 15 is 0 Å². The predicted octanol–water partition coefficient (Wildman–Crippen LogP) is 3.25. The minimum absolute atomic E-state index is 0.185. The first-order valence-corrected chi connectivity index (χ1v) is 6.57. The van der Waals surface area contributed by atoms with Crippen LogP contribution >= 0.6 is 11.3 Å². The quantitative estimate of drug-likeness (QED) is 0.664. The van der Waals surface area contributed by atoms with Gasteiger partial charge in [-0.2, -0.15) is 11.3 Å². The van der Waals surface area contributed by atoms with Gasteiger partial charge in [0.2, 0.25) is 0 Å². The van der Waals surface area contributed by atoms with Gasteiger partial charge in [-0.3, -0.25) is 10.1 Å². The summed E-state index contributed by atoms with van der Waals surface area (Å²) < 4.78 is 0. The molecule has 1 aromatic heterocycles. The van der Waals surface area contributed by atoms with E-state index in [0.717, 1.165) is 17.7 Å². The highest BCUT2D eigenvalue weighted by molar-refractivity contribution is 7.07. The van der Waals surface area contributed by atoms with E-state index < -0.39 is 0 Å². The maximum Gasteiger partial charge on any atom is 0.272 e. The van der Waals surface area contributed by atoms with Crippen LogP contribution in [-0.2, 0) is 13.1 Å². The van der Waals surface area contributed by atoms with E-state index in [0.29, 0.717) is 6.54 Å². The molecule has 0 saturated carbocycles. The van der Waals surface area contributed by atoms with Crippen LogP contribution in [0.25, 0.3) is 0 Å². The van der Waals surface area contributed by atoms with Gasteiger partial charge in [-0.1, -0.05) is 12.1 Å². The lowest BCUT2D eigenvalue weighted by Crippen LogP contribution is -2.13. The van der Waals surface area contributed by atoms with Gasteiger partial charge in [-0.25, -0.2) is 0 Å². The monoisotopic (exact) mass is 262 g/mol. The Hall–Kier alpha value is -1.72. The van der Waals surface area contributed by atoms with Crippen molar-refractivity contribution in [3.8, 4) is 0 Å². The molecule has 0 aliphatic heterocycles. The molecular formula is C13H14N2O2S. The van der Waals surface area contributed by atoms with Gasteiger partial charge < -0.3 is 5.32 Å². The summed E-state index contributed by atoms with van der Waals surface area (Å²) in [6.07, 6.45) is 0. The molecule has 2 aromatic rings. The normalized spacial score (nSPS) is 10.5. The lowest BCUT2D eigenvalue weighted by molar-refractivity contribution is -0.385. The molecule has 0 bridgehead atoms. The van der Waals surface area contributed by atoms with Crippen LogP contribution < -0.4 is 5.32 Å². The van der Waals surface area contributed by atoms with E-state index in [-0.39, 0.29) is 10.6 Å². The van der Waals surface area contributed by atoms with Crippen molar-refractivity contribution >= 4 is 17.0 Å². The molecule has 1 N–H and O–H groups in total. The number of benzene rings is 1. The van der Waals surface area contributed by atoms with Crippen molar-refractivity contribution in [1.82, 2.24) is 5.32 Å². The number of nitro benzene ring substituents is 1. The molecule has 0 fully saturated rings. The average Bonchev–Trinajstić information content (AvgIpc) is 2.84. The summed E-state index contributed by atoms with van der Waals surface area (Å²) in [5.41, 5.74) is 3.13. The summed E-state index contributed by atoms with van der Waals surface area (Å²) in [7, 11) is 0. The molecule has 4 nitrogen and oxygen atoms in total. The Morgan fingerprint density at radius 1 is 1.33 bits per heavy atom. The summed E-state index contributed by atoms with van der Waals surface area (Å²) in [4.78, 5) is 10.5. The molecule has 0 amide bonds. The van der Waals surface area contributed by atoms with Crippen LogP contribution in [0.2, 0.25) is 0 Å². The maximum absolute atomic E-state index is 10.8. The van der Waals surface area contributed by atoms with Crippen molar-refractivity contribution in [3.05, 3.63) is 61.8 Å². The molecule has 0 unspecified atom stereocenters. The highest BCUT2D eigenvalue weighted by atomic mass is 32.1. The van der Waals surface area contributed by atoms with Crippen LogP contribution in [0, 0.1) is 17.0 Å².